The van der Waals surface area contributed by atoms with Gasteiger partial charge >= 0.3 is 11.7 Å². The van der Waals surface area contributed by atoms with E-state index in [4.69, 9.17) is 5.11 Å². The van der Waals surface area contributed by atoms with Crippen LogP contribution in [0.4, 0.5) is 0 Å². The van der Waals surface area contributed by atoms with Gasteiger partial charge in [0, 0.05) is 17.6 Å². The van der Waals surface area contributed by atoms with Crippen LogP contribution >= 0.6 is 11.8 Å². The number of carboxylic acid groups (broad SMARTS) is 1. The van der Waals surface area contributed by atoms with Crippen molar-refractivity contribution in [3.8, 4) is 0 Å². The maximum Gasteiger partial charge on any atom is 0.354 e. The Morgan fingerprint density at radius 1 is 1.56 bits per heavy atom. The summed E-state index contributed by atoms with van der Waals surface area (Å²) in [5.41, 5.74) is -0.288. The predicted octanol–water partition coefficient (Wildman–Crippen LogP) is 0.836. The Labute approximate surface area is 106 Å². The first-order valence-electron chi connectivity index (χ1n) is 5.14. The average molecular weight is 266 g/mol. The van der Waals surface area contributed by atoms with E-state index in [1.807, 2.05) is 6.92 Å². The van der Waals surface area contributed by atoms with Crippen LogP contribution in [0.3, 0.4) is 0 Å². The lowest BCUT2D eigenvalue weighted by Crippen LogP contribution is -2.16. The normalized spacial score (nSPS) is 10.5. The number of pyridine rings is 1. The van der Waals surface area contributed by atoms with Crippen LogP contribution in [0.2, 0.25) is 0 Å². The first-order chi connectivity index (χ1) is 8.61. The highest BCUT2D eigenvalue weighted by Crippen LogP contribution is 2.24. The Bertz CT molecular complexity index is 617. The number of nitrogens with zero attached hydrogens (tertiary/aromatic N) is 3. The lowest BCUT2D eigenvalue weighted by Gasteiger charge is -2.01. The number of carbonyl (C=O) groups is 1. The Morgan fingerprint density at radius 3 is 2.89 bits per heavy atom. The van der Waals surface area contributed by atoms with Crippen LogP contribution in [0.25, 0.3) is 0 Å². The number of hydrogen-bond acceptors (Lipinski definition) is 5. The number of aromatic nitrogens is 4. The molecule has 94 valence electrons. The first-order valence-corrected chi connectivity index (χ1v) is 5.96. The van der Waals surface area contributed by atoms with E-state index in [-0.39, 0.29) is 11.4 Å². The number of aromatic amines is 1. The van der Waals surface area contributed by atoms with Crippen molar-refractivity contribution in [3.05, 3.63) is 34.5 Å². The van der Waals surface area contributed by atoms with Gasteiger partial charge in [0.25, 0.3) is 0 Å². The topological polar surface area (TPSA) is 101 Å². The van der Waals surface area contributed by atoms with Gasteiger partial charge in [-0.05, 0) is 30.8 Å². The summed E-state index contributed by atoms with van der Waals surface area (Å²) in [4.78, 5) is 26.5. The van der Waals surface area contributed by atoms with Crippen LogP contribution in [-0.4, -0.2) is 30.8 Å². The molecule has 8 heteroatoms. The quantitative estimate of drug-likeness (QED) is 0.850. The zero-order valence-electron chi connectivity index (χ0n) is 9.45. The number of carboxylic acids is 1. The fraction of sp³-hybridized carbons (Fsp3) is 0.200. The van der Waals surface area contributed by atoms with E-state index in [0.717, 1.165) is 0 Å². The summed E-state index contributed by atoms with van der Waals surface area (Å²) in [5.74, 6) is -1.07. The molecular formula is C10H10N4O3S. The monoisotopic (exact) mass is 266 g/mol. The molecule has 0 aromatic carbocycles. The lowest BCUT2D eigenvalue weighted by atomic mass is 10.4. The van der Waals surface area contributed by atoms with Gasteiger partial charge in [-0.3, -0.25) is 4.57 Å². The van der Waals surface area contributed by atoms with Gasteiger partial charge < -0.3 is 5.11 Å². The van der Waals surface area contributed by atoms with Crippen LogP contribution in [0.5, 0.6) is 0 Å². The van der Waals surface area contributed by atoms with Crippen LogP contribution < -0.4 is 5.69 Å². The average Bonchev–Trinajstić information content (AvgIpc) is 2.70. The van der Waals surface area contributed by atoms with Crippen LogP contribution in [0.15, 0.2) is 33.2 Å². The number of nitrogens with one attached hydrogen (secondary N) is 1. The second kappa shape index (κ2) is 5.05. The third-order valence-electron chi connectivity index (χ3n) is 2.20. The highest BCUT2D eigenvalue weighted by molar-refractivity contribution is 7.99. The molecule has 0 spiro atoms. The standard InChI is InChI=1S/C10H10N4O3S/c1-2-14-9(17)12-13-10(14)18-6-3-4-7(8(15)16)11-5-6/h3-5H,2H2,1H3,(H,12,17)(H,15,16). The van der Waals surface area contributed by atoms with Gasteiger partial charge in [-0.2, -0.15) is 0 Å². The van der Waals surface area contributed by atoms with Gasteiger partial charge in [0.15, 0.2) is 5.16 Å². The molecule has 0 atom stereocenters. The Hall–Kier alpha value is -2.09. The van der Waals surface area contributed by atoms with E-state index >= 15 is 0 Å². The highest BCUT2D eigenvalue weighted by atomic mass is 32.2. The Balaban J connectivity index is 2.23. The van der Waals surface area contributed by atoms with E-state index in [2.05, 4.69) is 15.2 Å². The maximum absolute atomic E-state index is 11.3. The third kappa shape index (κ3) is 2.43. The van der Waals surface area contributed by atoms with E-state index in [0.29, 0.717) is 16.6 Å². The van der Waals surface area contributed by atoms with Crippen LogP contribution in [0.1, 0.15) is 17.4 Å². The van der Waals surface area contributed by atoms with Crippen molar-refractivity contribution < 1.29 is 9.90 Å². The van der Waals surface area contributed by atoms with E-state index < -0.39 is 5.97 Å². The van der Waals surface area contributed by atoms with Crippen molar-refractivity contribution in [2.45, 2.75) is 23.5 Å². The molecule has 7 nitrogen and oxygen atoms in total. The summed E-state index contributed by atoms with van der Waals surface area (Å²) < 4.78 is 1.48. The maximum atomic E-state index is 11.3. The lowest BCUT2D eigenvalue weighted by molar-refractivity contribution is 0.0690. The van der Waals surface area contributed by atoms with Crippen LogP contribution in [0, 0.1) is 0 Å². The smallest absolute Gasteiger partial charge is 0.354 e. The van der Waals surface area contributed by atoms with E-state index in [9.17, 15) is 9.59 Å². The van der Waals surface area contributed by atoms with Crippen molar-refractivity contribution in [2.75, 3.05) is 0 Å². The molecular weight excluding hydrogens is 256 g/mol. The molecule has 0 bridgehead atoms. The molecule has 18 heavy (non-hydrogen) atoms. The molecule has 0 saturated carbocycles. The zero-order chi connectivity index (χ0) is 13.1. The second-order valence-electron chi connectivity index (χ2n) is 3.34. The van der Waals surface area contributed by atoms with Gasteiger partial charge in [0.1, 0.15) is 5.69 Å². The minimum atomic E-state index is -1.07. The first kappa shape index (κ1) is 12.4. The van der Waals surface area contributed by atoms with Gasteiger partial charge in [-0.15, -0.1) is 5.10 Å². The number of aromatic carboxylic acids is 1. The predicted molar refractivity (Wildman–Crippen MR) is 63.8 cm³/mol. The zero-order valence-corrected chi connectivity index (χ0v) is 10.3. The minimum absolute atomic E-state index is 0.0192. The Kier molecular flexibility index (Phi) is 3.47. The molecule has 2 aromatic heterocycles. The van der Waals surface area contributed by atoms with Gasteiger partial charge in [0.2, 0.25) is 0 Å². The molecule has 0 amide bonds. The van der Waals surface area contributed by atoms with Gasteiger partial charge in [-0.1, -0.05) is 0 Å². The van der Waals surface area contributed by atoms with Crippen molar-refractivity contribution in [1.29, 1.82) is 0 Å². The molecule has 0 fully saturated rings. The SMILES string of the molecule is CCn1c(Sc2ccc(C(=O)O)nc2)n[nH]c1=O. The highest BCUT2D eigenvalue weighted by Gasteiger charge is 2.09. The number of rotatable bonds is 4. The van der Waals surface area contributed by atoms with Crippen LogP contribution in [-0.2, 0) is 6.54 Å². The molecule has 0 aliphatic heterocycles. The minimum Gasteiger partial charge on any atom is -0.477 e. The summed E-state index contributed by atoms with van der Waals surface area (Å²) >= 11 is 1.25. The largest absolute Gasteiger partial charge is 0.477 e. The molecule has 0 saturated heterocycles. The van der Waals surface area contributed by atoms with E-state index in [1.54, 1.807) is 6.07 Å². The molecule has 0 radical (unpaired) electrons. The summed E-state index contributed by atoms with van der Waals surface area (Å²) in [7, 11) is 0. The van der Waals surface area contributed by atoms with Gasteiger partial charge in [-0.25, -0.2) is 19.7 Å². The van der Waals surface area contributed by atoms with Crippen molar-refractivity contribution in [1.82, 2.24) is 19.7 Å². The fourth-order valence-corrected chi connectivity index (χ4v) is 2.20. The molecule has 2 N–H and O–H groups in total. The fourth-order valence-electron chi connectivity index (χ4n) is 1.33. The third-order valence-corrected chi connectivity index (χ3v) is 3.18. The van der Waals surface area contributed by atoms with E-state index in [1.165, 1.54) is 28.6 Å². The molecule has 0 aliphatic carbocycles. The number of hydrogen-bond donors (Lipinski definition) is 2. The second-order valence-corrected chi connectivity index (χ2v) is 4.38. The molecule has 2 aromatic rings. The molecule has 0 aliphatic rings. The summed E-state index contributed by atoms with van der Waals surface area (Å²) in [6.45, 7) is 2.35. The van der Waals surface area contributed by atoms with Gasteiger partial charge in [0.05, 0.1) is 0 Å². The van der Waals surface area contributed by atoms with Crippen molar-refractivity contribution >= 4 is 17.7 Å². The number of H-pyrrole nitrogens is 1. The summed E-state index contributed by atoms with van der Waals surface area (Å²) in [6, 6.07) is 3.03. The van der Waals surface area contributed by atoms with Crippen molar-refractivity contribution in [3.63, 3.8) is 0 Å². The summed E-state index contributed by atoms with van der Waals surface area (Å²) in [6.07, 6.45) is 1.44. The Morgan fingerprint density at radius 2 is 2.33 bits per heavy atom. The van der Waals surface area contributed by atoms with Crippen molar-refractivity contribution in [2.24, 2.45) is 0 Å². The summed E-state index contributed by atoms with van der Waals surface area (Å²) in [5, 5.41) is 15.5. The molecule has 2 heterocycles. The molecule has 0 unspecified atom stereocenters. The molecule has 2 rings (SSSR count).